The van der Waals surface area contributed by atoms with Crippen LogP contribution in [0, 0.1) is 10.8 Å². The molecule has 0 aliphatic heterocycles. The van der Waals surface area contributed by atoms with Crippen LogP contribution < -0.4 is 0 Å². The molecule has 8 heteroatoms. The number of alkyl halides is 3. The summed E-state index contributed by atoms with van der Waals surface area (Å²) >= 11 is 0. The number of carbonyl (C=O) groups is 2. The molecule has 0 aromatic heterocycles. The van der Waals surface area contributed by atoms with Gasteiger partial charge in [0.15, 0.2) is 11.6 Å². The summed E-state index contributed by atoms with van der Waals surface area (Å²) in [6.07, 6.45) is -3.15. The number of Topliss-reactive ketones (excluding diaryl/α,β-unsaturated/α-hetero) is 2. The standard InChI is InChI=1S/C14H12F3N3O2/c15-14(16,17)9-1-3-10(4-2-9)20-8-6-12(22)13(19)11(21)5-7-18/h1-4,7-8,18-19H,5-6H2. The molecule has 0 fully saturated rings. The van der Waals surface area contributed by atoms with Crippen molar-refractivity contribution in [1.82, 2.24) is 0 Å². The van der Waals surface area contributed by atoms with Gasteiger partial charge in [0.05, 0.1) is 11.3 Å². The van der Waals surface area contributed by atoms with Crippen LogP contribution in [0.25, 0.3) is 0 Å². The van der Waals surface area contributed by atoms with Crippen LogP contribution >= 0.6 is 0 Å². The van der Waals surface area contributed by atoms with Gasteiger partial charge in [-0.3, -0.25) is 20.0 Å². The molecular formula is C14H12F3N3O2. The van der Waals surface area contributed by atoms with Crippen LogP contribution in [0.3, 0.4) is 0 Å². The highest BCUT2D eigenvalue weighted by Crippen LogP contribution is 2.30. The Morgan fingerprint density at radius 1 is 1.09 bits per heavy atom. The number of nitrogens with zero attached hydrogens (tertiary/aromatic N) is 1. The van der Waals surface area contributed by atoms with Crippen LogP contribution in [0.5, 0.6) is 0 Å². The summed E-state index contributed by atoms with van der Waals surface area (Å²) < 4.78 is 37.1. The zero-order chi connectivity index (χ0) is 16.8. The lowest BCUT2D eigenvalue weighted by molar-refractivity contribution is -0.137. The predicted molar refractivity (Wildman–Crippen MR) is 75.4 cm³/mol. The molecule has 1 aromatic rings. The van der Waals surface area contributed by atoms with E-state index in [1.165, 1.54) is 0 Å². The summed E-state index contributed by atoms with van der Waals surface area (Å²) in [5.41, 5.74) is -1.30. The lowest BCUT2D eigenvalue weighted by Crippen LogP contribution is -2.23. The Balaban J connectivity index is 2.62. The van der Waals surface area contributed by atoms with Gasteiger partial charge < -0.3 is 5.41 Å². The van der Waals surface area contributed by atoms with Gasteiger partial charge in [-0.2, -0.15) is 13.2 Å². The first kappa shape index (κ1) is 17.4. The molecule has 0 heterocycles. The summed E-state index contributed by atoms with van der Waals surface area (Å²) in [7, 11) is 0. The fourth-order valence-electron chi connectivity index (χ4n) is 1.42. The van der Waals surface area contributed by atoms with E-state index >= 15 is 0 Å². The molecule has 1 aromatic carbocycles. The Hall–Kier alpha value is -2.64. The maximum atomic E-state index is 12.4. The molecule has 0 aliphatic carbocycles. The number of carbonyl (C=O) groups excluding carboxylic acids is 2. The van der Waals surface area contributed by atoms with Crippen molar-refractivity contribution in [3.63, 3.8) is 0 Å². The number of aliphatic imine (C=N–C) groups is 1. The van der Waals surface area contributed by atoms with Crippen LogP contribution in [-0.2, 0) is 15.8 Å². The van der Waals surface area contributed by atoms with Crippen LogP contribution in [0.15, 0.2) is 29.3 Å². The lowest BCUT2D eigenvalue weighted by atomic mass is 10.1. The second-order valence-corrected chi connectivity index (χ2v) is 4.19. The van der Waals surface area contributed by atoms with Gasteiger partial charge in [0.1, 0.15) is 5.71 Å². The Morgan fingerprint density at radius 3 is 2.14 bits per heavy atom. The average Bonchev–Trinajstić information content (AvgIpc) is 2.46. The minimum absolute atomic E-state index is 0.221. The van der Waals surface area contributed by atoms with E-state index in [2.05, 4.69) is 4.99 Å². The van der Waals surface area contributed by atoms with E-state index in [0.717, 1.165) is 36.7 Å². The quantitative estimate of drug-likeness (QED) is 0.598. The maximum absolute atomic E-state index is 12.4. The van der Waals surface area contributed by atoms with Crippen LogP contribution in [-0.4, -0.2) is 29.7 Å². The molecule has 22 heavy (non-hydrogen) atoms. The van der Waals surface area contributed by atoms with E-state index in [1.807, 2.05) is 0 Å². The van der Waals surface area contributed by atoms with Gasteiger partial charge in [-0.05, 0) is 24.3 Å². The lowest BCUT2D eigenvalue weighted by Gasteiger charge is -2.05. The second-order valence-electron chi connectivity index (χ2n) is 4.19. The van der Waals surface area contributed by atoms with Crippen molar-refractivity contribution in [2.45, 2.75) is 19.0 Å². The molecule has 0 bridgehead atoms. The minimum Gasteiger partial charge on any atom is -0.313 e. The first-order chi connectivity index (χ1) is 10.3. The van der Waals surface area contributed by atoms with E-state index in [9.17, 15) is 22.8 Å². The Morgan fingerprint density at radius 2 is 1.64 bits per heavy atom. The van der Waals surface area contributed by atoms with Crippen molar-refractivity contribution in [2.75, 3.05) is 0 Å². The highest BCUT2D eigenvalue weighted by Gasteiger charge is 2.29. The molecule has 2 N–H and O–H groups in total. The molecule has 0 unspecified atom stereocenters. The largest absolute Gasteiger partial charge is 0.416 e. The van der Waals surface area contributed by atoms with Gasteiger partial charge in [-0.15, -0.1) is 0 Å². The average molecular weight is 311 g/mol. The zero-order valence-corrected chi connectivity index (χ0v) is 11.3. The van der Waals surface area contributed by atoms with Crippen molar-refractivity contribution in [2.24, 2.45) is 4.99 Å². The van der Waals surface area contributed by atoms with E-state index in [4.69, 9.17) is 10.8 Å². The van der Waals surface area contributed by atoms with E-state index in [0.29, 0.717) is 0 Å². The van der Waals surface area contributed by atoms with Crippen molar-refractivity contribution in [1.29, 1.82) is 10.8 Å². The number of hydrogen-bond donors (Lipinski definition) is 2. The molecule has 5 nitrogen and oxygen atoms in total. The Kier molecular flexibility index (Phi) is 5.85. The number of nitrogens with one attached hydrogen (secondary N) is 2. The predicted octanol–water partition coefficient (Wildman–Crippen LogP) is 3.00. The summed E-state index contributed by atoms with van der Waals surface area (Å²) in [5, 5.41) is 14.0. The molecule has 0 spiro atoms. The van der Waals surface area contributed by atoms with Gasteiger partial charge in [0.2, 0.25) is 0 Å². The first-order valence-corrected chi connectivity index (χ1v) is 6.09. The van der Waals surface area contributed by atoms with Gasteiger partial charge in [-0.25, -0.2) is 0 Å². The number of benzene rings is 1. The fraction of sp³-hybridized carbons (Fsp3) is 0.214. The first-order valence-electron chi connectivity index (χ1n) is 6.09. The second kappa shape index (κ2) is 7.39. The highest BCUT2D eigenvalue weighted by molar-refractivity contribution is 6.66. The molecule has 116 valence electrons. The molecule has 0 saturated carbocycles. The minimum atomic E-state index is -4.43. The SMILES string of the molecule is N=CCC(=O)C(=N)C(=O)CC=Nc1ccc(C(F)(F)F)cc1. The van der Waals surface area contributed by atoms with Gasteiger partial charge in [-0.1, -0.05) is 0 Å². The Bertz CT molecular complexity index is 619. The van der Waals surface area contributed by atoms with E-state index in [-0.39, 0.29) is 18.5 Å². The van der Waals surface area contributed by atoms with E-state index < -0.39 is 29.0 Å². The highest BCUT2D eigenvalue weighted by atomic mass is 19.4. The van der Waals surface area contributed by atoms with Gasteiger partial charge >= 0.3 is 6.18 Å². The summed E-state index contributed by atoms with van der Waals surface area (Å²) in [6.45, 7) is 0. The smallest absolute Gasteiger partial charge is 0.313 e. The third kappa shape index (κ3) is 5.04. The third-order valence-electron chi connectivity index (χ3n) is 2.56. The van der Waals surface area contributed by atoms with Crippen molar-refractivity contribution < 1.29 is 22.8 Å². The molecule has 0 amide bonds. The summed E-state index contributed by atoms with van der Waals surface area (Å²) in [4.78, 5) is 26.5. The van der Waals surface area contributed by atoms with Crippen molar-refractivity contribution in [3.8, 4) is 0 Å². The molecule has 0 radical (unpaired) electrons. The van der Waals surface area contributed by atoms with Gasteiger partial charge in [0.25, 0.3) is 0 Å². The van der Waals surface area contributed by atoms with E-state index in [1.54, 1.807) is 0 Å². The fourth-order valence-corrected chi connectivity index (χ4v) is 1.42. The molecule has 0 aliphatic rings. The van der Waals surface area contributed by atoms with Crippen molar-refractivity contribution >= 4 is 35.4 Å². The monoisotopic (exact) mass is 311 g/mol. The zero-order valence-electron chi connectivity index (χ0n) is 11.3. The maximum Gasteiger partial charge on any atom is 0.416 e. The molecule has 1 rings (SSSR count). The van der Waals surface area contributed by atoms with Crippen LogP contribution in [0.4, 0.5) is 18.9 Å². The number of rotatable bonds is 7. The number of ketones is 2. The normalized spacial score (nSPS) is 11.4. The molecular weight excluding hydrogens is 299 g/mol. The van der Waals surface area contributed by atoms with Crippen molar-refractivity contribution in [3.05, 3.63) is 29.8 Å². The number of halogens is 3. The number of hydrogen-bond acceptors (Lipinski definition) is 5. The summed E-state index contributed by atoms with van der Waals surface area (Å²) in [6, 6.07) is 4.03. The molecule has 0 saturated heterocycles. The summed E-state index contributed by atoms with van der Waals surface area (Å²) in [5.74, 6) is -1.52. The third-order valence-corrected chi connectivity index (χ3v) is 2.56. The Labute approximate surface area is 123 Å². The van der Waals surface area contributed by atoms with Crippen LogP contribution in [0.1, 0.15) is 18.4 Å². The molecule has 0 atom stereocenters. The topological polar surface area (TPSA) is 94.2 Å². The van der Waals surface area contributed by atoms with Gasteiger partial charge in [0, 0.05) is 25.3 Å². The van der Waals surface area contributed by atoms with Crippen LogP contribution in [0.2, 0.25) is 0 Å².